The Bertz CT molecular complexity index is 451. The van der Waals surface area contributed by atoms with Gasteiger partial charge < -0.3 is 10.0 Å². The van der Waals surface area contributed by atoms with Gasteiger partial charge in [-0.2, -0.15) is 0 Å². The Kier molecular flexibility index (Phi) is 5.74. The number of hydrogen-bond acceptors (Lipinski definition) is 3. The fraction of sp³-hybridized carbons (Fsp3) is 0.571. The van der Waals surface area contributed by atoms with E-state index < -0.39 is 0 Å². The van der Waals surface area contributed by atoms with Gasteiger partial charge >= 0.3 is 0 Å². The first kappa shape index (κ1) is 15.8. The van der Waals surface area contributed by atoms with Crippen molar-refractivity contribution in [1.29, 1.82) is 0 Å². The highest BCUT2D eigenvalue weighted by Crippen LogP contribution is 2.29. The molecule has 1 fully saturated rings. The van der Waals surface area contributed by atoms with Crippen molar-refractivity contribution in [2.45, 2.75) is 25.4 Å². The van der Waals surface area contributed by atoms with Gasteiger partial charge in [0.05, 0.1) is 3.57 Å². The molecule has 1 N–H and O–H groups in total. The number of phenols is 1. The number of halogens is 2. The summed E-state index contributed by atoms with van der Waals surface area (Å²) in [7, 11) is 4.31. The van der Waals surface area contributed by atoms with Gasteiger partial charge in [0.15, 0.2) is 0 Å². The van der Waals surface area contributed by atoms with Gasteiger partial charge in [0, 0.05) is 28.3 Å². The van der Waals surface area contributed by atoms with Crippen LogP contribution in [0.3, 0.4) is 0 Å². The van der Waals surface area contributed by atoms with Crippen molar-refractivity contribution in [1.82, 2.24) is 9.80 Å². The molecule has 0 saturated carbocycles. The second-order valence-electron chi connectivity index (χ2n) is 5.39. The maximum atomic E-state index is 10.2. The van der Waals surface area contributed by atoms with Crippen molar-refractivity contribution in [3.63, 3.8) is 0 Å². The monoisotopic (exact) mass is 486 g/mol. The number of likely N-dealkylation sites (tertiary alicyclic amines) is 1. The number of piperidine rings is 1. The van der Waals surface area contributed by atoms with Crippen molar-refractivity contribution in [3.05, 3.63) is 24.8 Å². The Morgan fingerprint density at radius 1 is 1.37 bits per heavy atom. The van der Waals surface area contributed by atoms with Crippen LogP contribution in [0, 0.1) is 7.14 Å². The van der Waals surface area contributed by atoms with Crippen LogP contribution in [0.4, 0.5) is 0 Å². The lowest BCUT2D eigenvalue weighted by molar-refractivity contribution is 0.127. The Labute approximate surface area is 142 Å². The number of rotatable bonds is 3. The lowest BCUT2D eigenvalue weighted by Gasteiger charge is -2.36. The quantitative estimate of drug-likeness (QED) is 0.666. The van der Waals surface area contributed by atoms with Crippen molar-refractivity contribution in [2.24, 2.45) is 0 Å². The minimum absolute atomic E-state index is 0.452. The fourth-order valence-corrected chi connectivity index (χ4v) is 4.54. The van der Waals surface area contributed by atoms with Gasteiger partial charge in [-0.3, -0.25) is 4.90 Å². The van der Waals surface area contributed by atoms with Crippen LogP contribution in [0.2, 0.25) is 0 Å². The zero-order valence-electron chi connectivity index (χ0n) is 11.4. The molecule has 1 saturated heterocycles. The summed E-state index contributed by atoms with van der Waals surface area (Å²) < 4.78 is 2.14. The average molecular weight is 486 g/mol. The standard InChI is InChI=1S/C14H20I2N2O/c1-17(2)12-4-3-5-18(9-12)8-10-6-11(15)7-13(16)14(10)19/h6-7,12,19H,3-5,8-9H2,1-2H3. The van der Waals surface area contributed by atoms with Crippen molar-refractivity contribution in [3.8, 4) is 5.75 Å². The molecular weight excluding hydrogens is 466 g/mol. The first-order chi connectivity index (χ1) is 8.97. The van der Waals surface area contributed by atoms with E-state index in [2.05, 4.69) is 75.1 Å². The SMILES string of the molecule is CN(C)C1CCCN(Cc2cc(I)cc(I)c2O)C1. The predicted octanol–water partition coefficient (Wildman–Crippen LogP) is 3.13. The van der Waals surface area contributed by atoms with E-state index in [0.717, 1.165) is 28.8 Å². The molecule has 1 aromatic carbocycles. The molecule has 1 unspecified atom stereocenters. The van der Waals surface area contributed by atoms with E-state index in [4.69, 9.17) is 0 Å². The van der Waals surface area contributed by atoms with E-state index >= 15 is 0 Å². The van der Waals surface area contributed by atoms with E-state index in [0.29, 0.717) is 11.8 Å². The van der Waals surface area contributed by atoms with Gasteiger partial charge in [-0.15, -0.1) is 0 Å². The van der Waals surface area contributed by atoms with Crippen molar-refractivity contribution < 1.29 is 5.11 Å². The molecule has 106 valence electrons. The number of benzene rings is 1. The first-order valence-corrected chi connectivity index (χ1v) is 8.69. The van der Waals surface area contributed by atoms with E-state index in [9.17, 15) is 5.11 Å². The number of phenolic OH excluding ortho intramolecular Hbond substituents is 1. The van der Waals surface area contributed by atoms with Gasteiger partial charge in [0.2, 0.25) is 0 Å². The Morgan fingerprint density at radius 2 is 2.11 bits per heavy atom. The Hall–Kier alpha value is 0.400. The summed E-state index contributed by atoms with van der Waals surface area (Å²) in [5.41, 5.74) is 1.05. The van der Waals surface area contributed by atoms with E-state index in [1.807, 2.05) is 6.07 Å². The third kappa shape index (κ3) is 4.18. The molecule has 5 heteroatoms. The molecule has 1 aromatic rings. The summed E-state index contributed by atoms with van der Waals surface area (Å²) in [6.45, 7) is 3.07. The molecule has 0 amide bonds. The number of likely N-dealkylation sites (N-methyl/N-ethyl adjacent to an activating group) is 1. The zero-order chi connectivity index (χ0) is 14.0. The minimum Gasteiger partial charge on any atom is -0.507 e. The van der Waals surface area contributed by atoms with Crippen LogP contribution >= 0.6 is 45.2 Å². The van der Waals surface area contributed by atoms with Gasteiger partial charge in [-0.05, 0) is 90.8 Å². The first-order valence-electron chi connectivity index (χ1n) is 6.53. The number of hydrogen-bond donors (Lipinski definition) is 1. The van der Waals surface area contributed by atoms with Crippen LogP contribution in [0.15, 0.2) is 12.1 Å². The summed E-state index contributed by atoms with van der Waals surface area (Å²) in [4.78, 5) is 4.76. The van der Waals surface area contributed by atoms with E-state index in [1.165, 1.54) is 16.4 Å². The van der Waals surface area contributed by atoms with Crippen LogP contribution in [-0.2, 0) is 6.54 Å². The van der Waals surface area contributed by atoms with Crippen LogP contribution in [0.1, 0.15) is 18.4 Å². The largest absolute Gasteiger partial charge is 0.507 e. The molecular formula is C14H20I2N2O. The van der Waals surface area contributed by atoms with Crippen molar-refractivity contribution in [2.75, 3.05) is 27.2 Å². The molecule has 1 atom stereocenters. The van der Waals surface area contributed by atoms with E-state index in [-0.39, 0.29) is 0 Å². The van der Waals surface area contributed by atoms with Gasteiger partial charge in [0.25, 0.3) is 0 Å². The normalized spacial score (nSPS) is 21.0. The summed E-state index contributed by atoms with van der Waals surface area (Å²) >= 11 is 4.52. The second-order valence-corrected chi connectivity index (χ2v) is 7.80. The van der Waals surface area contributed by atoms with Crippen LogP contribution in [0.5, 0.6) is 5.75 Å². The maximum Gasteiger partial charge on any atom is 0.133 e. The molecule has 1 heterocycles. The van der Waals surface area contributed by atoms with Gasteiger partial charge in [0.1, 0.15) is 5.75 Å². The van der Waals surface area contributed by atoms with Crippen LogP contribution < -0.4 is 0 Å². The molecule has 1 aliphatic heterocycles. The summed E-state index contributed by atoms with van der Waals surface area (Å²) in [6.07, 6.45) is 2.52. The Morgan fingerprint density at radius 3 is 2.79 bits per heavy atom. The maximum absolute atomic E-state index is 10.2. The lowest BCUT2D eigenvalue weighted by atomic mass is 10.0. The number of aromatic hydroxyl groups is 1. The number of nitrogens with zero attached hydrogens (tertiary/aromatic N) is 2. The summed E-state index contributed by atoms with van der Waals surface area (Å²) in [5.74, 6) is 0.452. The molecule has 2 rings (SSSR count). The Balaban J connectivity index is 2.09. The molecule has 0 bridgehead atoms. The highest BCUT2D eigenvalue weighted by atomic mass is 127. The third-order valence-corrected chi connectivity index (χ3v) is 5.16. The molecule has 1 aliphatic rings. The minimum atomic E-state index is 0.452. The lowest BCUT2D eigenvalue weighted by Crippen LogP contribution is -2.44. The zero-order valence-corrected chi connectivity index (χ0v) is 15.7. The summed E-state index contributed by atoms with van der Waals surface area (Å²) in [6, 6.07) is 4.74. The highest BCUT2D eigenvalue weighted by molar-refractivity contribution is 14.1. The smallest absolute Gasteiger partial charge is 0.133 e. The highest BCUT2D eigenvalue weighted by Gasteiger charge is 2.22. The third-order valence-electron chi connectivity index (χ3n) is 3.71. The molecule has 0 aliphatic carbocycles. The average Bonchev–Trinajstić information content (AvgIpc) is 2.35. The topological polar surface area (TPSA) is 26.7 Å². The van der Waals surface area contributed by atoms with E-state index in [1.54, 1.807) is 0 Å². The summed E-state index contributed by atoms with van der Waals surface area (Å²) in [5, 5.41) is 10.2. The molecule has 19 heavy (non-hydrogen) atoms. The molecule has 3 nitrogen and oxygen atoms in total. The molecule has 0 aromatic heterocycles. The van der Waals surface area contributed by atoms with Crippen LogP contribution in [0.25, 0.3) is 0 Å². The van der Waals surface area contributed by atoms with Gasteiger partial charge in [-0.25, -0.2) is 0 Å². The van der Waals surface area contributed by atoms with Gasteiger partial charge in [-0.1, -0.05) is 0 Å². The molecule has 0 spiro atoms. The van der Waals surface area contributed by atoms with Crippen molar-refractivity contribution >= 4 is 45.2 Å². The second kappa shape index (κ2) is 6.91. The van der Waals surface area contributed by atoms with Crippen LogP contribution in [-0.4, -0.2) is 48.1 Å². The fourth-order valence-electron chi connectivity index (χ4n) is 2.58. The predicted molar refractivity (Wildman–Crippen MR) is 95.5 cm³/mol. The molecule has 0 radical (unpaired) electrons.